The van der Waals surface area contributed by atoms with Crippen LogP contribution in [-0.4, -0.2) is 17.6 Å². The number of nitrogens with two attached hydrogens (primary N) is 1. The van der Waals surface area contributed by atoms with Gasteiger partial charge in [0.05, 0.1) is 6.42 Å². The van der Waals surface area contributed by atoms with E-state index in [4.69, 9.17) is 10.8 Å². The van der Waals surface area contributed by atoms with Crippen molar-refractivity contribution in [1.29, 1.82) is 0 Å². The Bertz CT molecular complexity index is 421. The lowest BCUT2D eigenvalue weighted by molar-refractivity contribution is -0.144. The van der Waals surface area contributed by atoms with Gasteiger partial charge in [-0.25, -0.2) is 0 Å². The van der Waals surface area contributed by atoms with E-state index in [1.54, 1.807) is 0 Å². The standard InChI is InChI=1S/C15H21NO2/c1-14(7-12-5-3-2-4-6-12)9-15(10-14,11-16)8-13(17)18/h2-6H,7-11,16H2,1H3,(H,17,18). The van der Waals surface area contributed by atoms with Crippen LogP contribution in [-0.2, 0) is 11.2 Å². The van der Waals surface area contributed by atoms with Gasteiger partial charge >= 0.3 is 5.97 Å². The quantitative estimate of drug-likeness (QED) is 0.840. The van der Waals surface area contributed by atoms with Crippen molar-refractivity contribution in [3.63, 3.8) is 0 Å². The van der Waals surface area contributed by atoms with Crippen molar-refractivity contribution in [3.05, 3.63) is 35.9 Å². The molecule has 2 rings (SSSR count). The van der Waals surface area contributed by atoms with E-state index in [0.29, 0.717) is 6.54 Å². The zero-order valence-corrected chi connectivity index (χ0v) is 10.9. The number of aliphatic carboxylic acids is 1. The Hall–Kier alpha value is -1.35. The van der Waals surface area contributed by atoms with E-state index in [0.717, 1.165) is 19.3 Å². The lowest BCUT2D eigenvalue weighted by Gasteiger charge is -2.54. The molecule has 0 unspecified atom stereocenters. The van der Waals surface area contributed by atoms with E-state index in [1.807, 2.05) is 18.2 Å². The molecule has 0 atom stereocenters. The minimum atomic E-state index is -0.734. The molecule has 3 heteroatoms. The number of carboxylic acids is 1. The van der Waals surface area contributed by atoms with Gasteiger partial charge in [0, 0.05) is 0 Å². The Kier molecular flexibility index (Phi) is 3.44. The maximum Gasteiger partial charge on any atom is 0.303 e. The molecule has 1 aromatic carbocycles. The van der Waals surface area contributed by atoms with E-state index in [-0.39, 0.29) is 17.3 Å². The summed E-state index contributed by atoms with van der Waals surface area (Å²) in [7, 11) is 0. The highest BCUT2D eigenvalue weighted by Crippen LogP contribution is 2.57. The van der Waals surface area contributed by atoms with Crippen molar-refractivity contribution in [2.24, 2.45) is 16.6 Å². The van der Waals surface area contributed by atoms with Gasteiger partial charge in [0.2, 0.25) is 0 Å². The summed E-state index contributed by atoms with van der Waals surface area (Å²) in [6, 6.07) is 10.4. The highest BCUT2D eigenvalue weighted by molar-refractivity contribution is 5.68. The molecule has 18 heavy (non-hydrogen) atoms. The number of hydrogen-bond acceptors (Lipinski definition) is 2. The Morgan fingerprint density at radius 1 is 1.33 bits per heavy atom. The van der Waals surface area contributed by atoms with Gasteiger partial charge in [-0.15, -0.1) is 0 Å². The zero-order chi connectivity index (χ0) is 13.2. The van der Waals surface area contributed by atoms with Crippen LogP contribution in [0.2, 0.25) is 0 Å². The van der Waals surface area contributed by atoms with Crippen LogP contribution in [0.5, 0.6) is 0 Å². The van der Waals surface area contributed by atoms with E-state index in [1.165, 1.54) is 5.56 Å². The maximum absolute atomic E-state index is 10.9. The number of rotatable bonds is 5. The summed E-state index contributed by atoms with van der Waals surface area (Å²) >= 11 is 0. The minimum absolute atomic E-state index is 0.171. The van der Waals surface area contributed by atoms with Crippen LogP contribution in [0.4, 0.5) is 0 Å². The normalized spacial score (nSPS) is 30.8. The SMILES string of the molecule is CC1(Cc2ccccc2)CC(CN)(CC(=O)O)C1. The Morgan fingerprint density at radius 2 is 1.94 bits per heavy atom. The smallest absolute Gasteiger partial charge is 0.303 e. The molecule has 1 fully saturated rings. The molecule has 0 radical (unpaired) electrons. The van der Waals surface area contributed by atoms with Gasteiger partial charge in [0.15, 0.2) is 0 Å². The van der Waals surface area contributed by atoms with Crippen LogP contribution in [0.1, 0.15) is 31.7 Å². The van der Waals surface area contributed by atoms with Crippen LogP contribution in [0.3, 0.4) is 0 Å². The highest BCUT2D eigenvalue weighted by atomic mass is 16.4. The first kappa shape index (κ1) is 13.1. The van der Waals surface area contributed by atoms with Crippen molar-refractivity contribution in [2.45, 2.75) is 32.6 Å². The molecule has 0 spiro atoms. The lowest BCUT2D eigenvalue weighted by Crippen LogP contribution is -2.51. The van der Waals surface area contributed by atoms with Crippen molar-refractivity contribution < 1.29 is 9.90 Å². The van der Waals surface area contributed by atoms with Gasteiger partial charge in [-0.1, -0.05) is 37.3 Å². The van der Waals surface area contributed by atoms with E-state index < -0.39 is 5.97 Å². The zero-order valence-electron chi connectivity index (χ0n) is 10.9. The number of carbonyl (C=O) groups is 1. The topological polar surface area (TPSA) is 63.3 Å². The number of carboxylic acid groups (broad SMARTS) is 1. The largest absolute Gasteiger partial charge is 0.481 e. The second kappa shape index (κ2) is 4.73. The molecule has 1 saturated carbocycles. The summed E-state index contributed by atoms with van der Waals surface area (Å²) in [5.41, 5.74) is 7.12. The second-order valence-corrected chi connectivity index (χ2v) is 6.10. The molecule has 0 heterocycles. The maximum atomic E-state index is 10.9. The van der Waals surface area contributed by atoms with Gasteiger partial charge in [-0.05, 0) is 42.2 Å². The molecule has 3 nitrogen and oxygen atoms in total. The van der Waals surface area contributed by atoms with Crippen LogP contribution in [0.25, 0.3) is 0 Å². The van der Waals surface area contributed by atoms with E-state index in [2.05, 4.69) is 19.1 Å². The molecular formula is C15H21NO2. The molecule has 0 bridgehead atoms. The van der Waals surface area contributed by atoms with Gasteiger partial charge < -0.3 is 10.8 Å². The Labute approximate surface area is 108 Å². The molecule has 1 aliphatic carbocycles. The fourth-order valence-corrected chi connectivity index (χ4v) is 3.63. The third-order valence-electron chi connectivity index (χ3n) is 4.04. The number of benzene rings is 1. The summed E-state index contributed by atoms with van der Waals surface area (Å²) in [4.78, 5) is 10.9. The van der Waals surface area contributed by atoms with Gasteiger partial charge in [-0.2, -0.15) is 0 Å². The molecule has 98 valence electrons. The third kappa shape index (κ3) is 2.72. The third-order valence-corrected chi connectivity index (χ3v) is 4.04. The summed E-state index contributed by atoms with van der Waals surface area (Å²) in [5.74, 6) is -0.734. The molecule has 0 aliphatic heterocycles. The average molecular weight is 247 g/mol. The fraction of sp³-hybridized carbons (Fsp3) is 0.533. The van der Waals surface area contributed by atoms with E-state index >= 15 is 0 Å². The highest BCUT2D eigenvalue weighted by Gasteiger charge is 2.51. The summed E-state index contributed by atoms with van der Waals surface area (Å²) < 4.78 is 0. The van der Waals surface area contributed by atoms with Crippen molar-refractivity contribution in [3.8, 4) is 0 Å². The molecule has 0 aromatic heterocycles. The first-order valence-corrected chi connectivity index (χ1v) is 6.43. The van der Waals surface area contributed by atoms with Crippen molar-refractivity contribution in [2.75, 3.05) is 6.54 Å². The molecule has 0 amide bonds. The predicted molar refractivity (Wildman–Crippen MR) is 71.2 cm³/mol. The minimum Gasteiger partial charge on any atom is -0.481 e. The Morgan fingerprint density at radius 3 is 2.44 bits per heavy atom. The van der Waals surface area contributed by atoms with Crippen molar-refractivity contribution in [1.82, 2.24) is 0 Å². The van der Waals surface area contributed by atoms with Crippen molar-refractivity contribution >= 4 is 5.97 Å². The van der Waals surface area contributed by atoms with Gasteiger partial charge in [-0.3, -0.25) is 4.79 Å². The second-order valence-electron chi connectivity index (χ2n) is 6.10. The van der Waals surface area contributed by atoms with Crippen LogP contribution >= 0.6 is 0 Å². The number of hydrogen-bond donors (Lipinski definition) is 2. The summed E-state index contributed by atoms with van der Waals surface area (Å²) in [5, 5.41) is 8.95. The monoisotopic (exact) mass is 247 g/mol. The van der Waals surface area contributed by atoms with Gasteiger partial charge in [0.25, 0.3) is 0 Å². The van der Waals surface area contributed by atoms with E-state index in [9.17, 15) is 4.79 Å². The van der Waals surface area contributed by atoms with Crippen LogP contribution in [0.15, 0.2) is 30.3 Å². The summed E-state index contributed by atoms with van der Waals surface area (Å²) in [6.07, 6.45) is 3.04. The molecule has 1 aliphatic rings. The first-order valence-electron chi connectivity index (χ1n) is 6.43. The molecule has 3 N–H and O–H groups in total. The molecule has 1 aromatic rings. The molecule has 0 saturated heterocycles. The average Bonchev–Trinajstić information content (AvgIpc) is 2.27. The lowest BCUT2D eigenvalue weighted by atomic mass is 9.51. The van der Waals surface area contributed by atoms with Crippen LogP contribution in [0, 0.1) is 10.8 Å². The molecular weight excluding hydrogens is 226 g/mol. The summed E-state index contributed by atoms with van der Waals surface area (Å²) in [6.45, 7) is 2.71. The fourth-order valence-electron chi connectivity index (χ4n) is 3.63. The predicted octanol–water partition coefficient (Wildman–Crippen LogP) is 2.45. The van der Waals surface area contributed by atoms with Gasteiger partial charge in [0.1, 0.15) is 0 Å². The first-order chi connectivity index (χ1) is 8.47. The van der Waals surface area contributed by atoms with Crippen LogP contribution < -0.4 is 5.73 Å². The Balaban J connectivity index is 1.99.